The van der Waals surface area contributed by atoms with E-state index in [1.54, 1.807) is 18.2 Å². The van der Waals surface area contributed by atoms with Gasteiger partial charge >= 0.3 is 0 Å². The zero-order chi connectivity index (χ0) is 19.4. The van der Waals surface area contributed by atoms with Gasteiger partial charge in [-0.1, -0.05) is 25.3 Å². The fraction of sp³-hybridized carbons (Fsp3) is 0.611. The van der Waals surface area contributed by atoms with Crippen LogP contribution in [-0.2, 0) is 10.0 Å². The zero-order valence-corrected chi connectivity index (χ0v) is 17.7. The molecule has 8 heteroatoms. The molecule has 0 bridgehead atoms. The SMILES string of the molecule is CN(C)C1(CNC(=S)Nc2cccc(S(=O)(=O)N(C)C)c2)CCCCC1. The van der Waals surface area contributed by atoms with Crippen molar-refractivity contribution in [1.82, 2.24) is 14.5 Å². The molecule has 1 aromatic carbocycles. The highest BCUT2D eigenvalue weighted by atomic mass is 32.2. The van der Waals surface area contributed by atoms with Gasteiger partial charge in [0.15, 0.2) is 5.11 Å². The average molecular weight is 399 g/mol. The molecule has 0 atom stereocenters. The fourth-order valence-corrected chi connectivity index (χ4v) is 4.50. The molecule has 0 aliphatic heterocycles. The van der Waals surface area contributed by atoms with Crippen LogP contribution in [0, 0.1) is 0 Å². The molecule has 0 aromatic heterocycles. The summed E-state index contributed by atoms with van der Waals surface area (Å²) in [5, 5.41) is 6.94. The molecule has 146 valence electrons. The van der Waals surface area contributed by atoms with Crippen molar-refractivity contribution in [3.63, 3.8) is 0 Å². The second kappa shape index (κ2) is 8.65. The summed E-state index contributed by atoms with van der Waals surface area (Å²) in [6, 6.07) is 6.71. The van der Waals surface area contributed by atoms with E-state index in [1.165, 1.54) is 37.7 Å². The third kappa shape index (κ3) is 4.94. The first kappa shape index (κ1) is 21.1. The Kier molecular flexibility index (Phi) is 7.01. The fourth-order valence-electron chi connectivity index (χ4n) is 3.36. The summed E-state index contributed by atoms with van der Waals surface area (Å²) in [6.07, 6.45) is 6.10. The van der Waals surface area contributed by atoms with Crippen LogP contribution in [0.25, 0.3) is 0 Å². The van der Waals surface area contributed by atoms with E-state index in [-0.39, 0.29) is 10.4 Å². The van der Waals surface area contributed by atoms with E-state index in [1.807, 2.05) is 6.07 Å². The Hall–Kier alpha value is -1.22. The second-order valence-electron chi connectivity index (χ2n) is 7.30. The van der Waals surface area contributed by atoms with Crippen LogP contribution in [0.1, 0.15) is 32.1 Å². The molecule has 0 spiro atoms. The van der Waals surface area contributed by atoms with Gasteiger partial charge in [0.05, 0.1) is 4.90 Å². The normalized spacial score (nSPS) is 17.3. The predicted molar refractivity (Wildman–Crippen MR) is 111 cm³/mol. The topological polar surface area (TPSA) is 64.7 Å². The summed E-state index contributed by atoms with van der Waals surface area (Å²) in [5.74, 6) is 0. The van der Waals surface area contributed by atoms with Crippen LogP contribution in [0.2, 0.25) is 0 Å². The molecule has 26 heavy (non-hydrogen) atoms. The number of hydrogen-bond donors (Lipinski definition) is 2. The van der Waals surface area contributed by atoms with Crippen LogP contribution in [0.4, 0.5) is 5.69 Å². The minimum atomic E-state index is -3.46. The van der Waals surface area contributed by atoms with Crippen LogP contribution in [0.5, 0.6) is 0 Å². The van der Waals surface area contributed by atoms with Gasteiger partial charge in [0.2, 0.25) is 10.0 Å². The van der Waals surface area contributed by atoms with E-state index in [9.17, 15) is 8.42 Å². The predicted octanol–water partition coefficient (Wildman–Crippen LogP) is 2.49. The summed E-state index contributed by atoms with van der Waals surface area (Å²) < 4.78 is 25.7. The van der Waals surface area contributed by atoms with Crippen molar-refractivity contribution < 1.29 is 8.42 Å². The van der Waals surface area contributed by atoms with Gasteiger partial charge < -0.3 is 15.5 Å². The molecule has 0 heterocycles. The highest BCUT2D eigenvalue weighted by molar-refractivity contribution is 7.89. The molecule has 1 saturated carbocycles. The van der Waals surface area contributed by atoms with Crippen molar-refractivity contribution in [2.75, 3.05) is 40.1 Å². The third-order valence-corrected chi connectivity index (χ3v) is 7.24. The summed E-state index contributed by atoms with van der Waals surface area (Å²) in [5.41, 5.74) is 0.785. The minimum absolute atomic E-state index is 0.125. The molecular formula is C18H30N4O2S2. The summed E-state index contributed by atoms with van der Waals surface area (Å²) in [4.78, 5) is 2.54. The number of nitrogens with one attached hydrogen (secondary N) is 2. The van der Waals surface area contributed by atoms with Gasteiger partial charge in [0.1, 0.15) is 0 Å². The minimum Gasteiger partial charge on any atom is -0.361 e. The Balaban J connectivity index is 2.02. The van der Waals surface area contributed by atoms with E-state index in [4.69, 9.17) is 12.2 Å². The number of nitrogens with zero attached hydrogens (tertiary/aromatic N) is 2. The first-order chi connectivity index (χ1) is 12.2. The van der Waals surface area contributed by atoms with Crippen molar-refractivity contribution >= 4 is 33.0 Å². The molecule has 0 unspecified atom stereocenters. The Morgan fingerprint density at radius 3 is 2.38 bits per heavy atom. The molecule has 2 rings (SSSR count). The van der Waals surface area contributed by atoms with E-state index >= 15 is 0 Å². The smallest absolute Gasteiger partial charge is 0.242 e. The lowest BCUT2D eigenvalue weighted by atomic mass is 9.80. The molecule has 2 N–H and O–H groups in total. The number of benzene rings is 1. The maximum Gasteiger partial charge on any atom is 0.242 e. The van der Waals surface area contributed by atoms with E-state index in [0.717, 1.165) is 19.4 Å². The number of thiocarbonyl (C=S) groups is 1. The van der Waals surface area contributed by atoms with Crippen LogP contribution < -0.4 is 10.6 Å². The molecule has 1 aromatic rings. The summed E-state index contributed by atoms with van der Waals surface area (Å²) in [6.45, 7) is 0.779. The van der Waals surface area contributed by atoms with Crippen molar-refractivity contribution in [2.24, 2.45) is 0 Å². The van der Waals surface area contributed by atoms with Gasteiger partial charge in [-0.25, -0.2) is 12.7 Å². The maximum atomic E-state index is 12.3. The Labute approximate surface area is 163 Å². The number of anilines is 1. The second-order valence-corrected chi connectivity index (χ2v) is 9.86. The first-order valence-corrected chi connectivity index (χ1v) is 10.8. The highest BCUT2D eigenvalue weighted by Crippen LogP contribution is 2.31. The summed E-state index contributed by atoms with van der Waals surface area (Å²) >= 11 is 5.43. The van der Waals surface area contributed by atoms with Crippen molar-refractivity contribution in [3.05, 3.63) is 24.3 Å². The Bertz CT molecular complexity index is 726. The molecule has 1 aliphatic carbocycles. The number of likely N-dealkylation sites (N-methyl/N-ethyl adjacent to an activating group) is 1. The van der Waals surface area contributed by atoms with Gasteiger partial charge in [-0.15, -0.1) is 0 Å². The number of hydrogen-bond acceptors (Lipinski definition) is 4. The standard InChI is InChI=1S/C18H30N4O2S2/c1-21(2)18(11-6-5-7-12-18)14-19-17(25)20-15-9-8-10-16(13-15)26(23,24)22(3)4/h8-10,13H,5-7,11-12,14H2,1-4H3,(H2,19,20,25). The third-order valence-electron chi connectivity index (χ3n) is 5.18. The van der Waals surface area contributed by atoms with E-state index < -0.39 is 10.0 Å². The molecule has 0 radical (unpaired) electrons. The molecular weight excluding hydrogens is 368 g/mol. The Morgan fingerprint density at radius 2 is 1.81 bits per heavy atom. The van der Waals surface area contributed by atoms with Crippen LogP contribution in [0.3, 0.4) is 0 Å². The molecule has 1 fully saturated rings. The molecule has 0 saturated heterocycles. The van der Waals surface area contributed by atoms with Gasteiger partial charge in [-0.05, 0) is 57.4 Å². The lowest BCUT2D eigenvalue weighted by Gasteiger charge is -2.43. The van der Waals surface area contributed by atoms with Crippen molar-refractivity contribution in [3.8, 4) is 0 Å². The monoisotopic (exact) mass is 398 g/mol. The van der Waals surface area contributed by atoms with Gasteiger partial charge in [-0.2, -0.15) is 0 Å². The van der Waals surface area contributed by atoms with Crippen LogP contribution in [-0.4, -0.2) is 63.0 Å². The maximum absolute atomic E-state index is 12.3. The Morgan fingerprint density at radius 1 is 1.15 bits per heavy atom. The average Bonchev–Trinajstić information content (AvgIpc) is 2.60. The molecule has 1 aliphatic rings. The van der Waals surface area contributed by atoms with E-state index in [0.29, 0.717) is 10.8 Å². The van der Waals surface area contributed by atoms with Crippen molar-refractivity contribution in [2.45, 2.75) is 42.5 Å². The van der Waals surface area contributed by atoms with Crippen LogP contribution >= 0.6 is 12.2 Å². The lowest BCUT2D eigenvalue weighted by Crippen LogP contribution is -2.54. The largest absolute Gasteiger partial charge is 0.361 e. The van der Waals surface area contributed by atoms with Gasteiger partial charge in [-0.3, -0.25) is 0 Å². The van der Waals surface area contributed by atoms with Gasteiger partial charge in [0, 0.05) is 31.9 Å². The zero-order valence-electron chi connectivity index (χ0n) is 16.1. The van der Waals surface area contributed by atoms with Crippen molar-refractivity contribution in [1.29, 1.82) is 0 Å². The quantitative estimate of drug-likeness (QED) is 0.718. The lowest BCUT2D eigenvalue weighted by molar-refractivity contribution is 0.104. The molecule has 0 amide bonds. The van der Waals surface area contributed by atoms with E-state index in [2.05, 4.69) is 29.6 Å². The highest BCUT2D eigenvalue weighted by Gasteiger charge is 2.34. The molecule has 6 nitrogen and oxygen atoms in total. The first-order valence-electron chi connectivity index (χ1n) is 8.92. The summed E-state index contributed by atoms with van der Waals surface area (Å²) in [7, 11) is 3.83. The van der Waals surface area contributed by atoms with Crippen LogP contribution in [0.15, 0.2) is 29.2 Å². The number of rotatable bonds is 6. The van der Waals surface area contributed by atoms with Gasteiger partial charge in [0.25, 0.3) is 0 Å². The number of sulfonamides is 1.